The third-order valence-corrected chi connectivity index (χ3v) is 7.46. The predicted octanol–water partition coefficient (Wildman–Crippen LogP) is 6.27. The van der Waals surface area contributed by atoms with Gasteiger partial charge in [-0.1, -0.05) is 30.0 Å². The van der Waals surface area contributed by atoms with Gasteiger partial charge in [0.2, 0.25) is 5.91 Å². The summed E-state index contributed by atoms with van der Waals surface area (Å²) in [4.78, 5) is 34.5. The number of thiophene rings is 1. The molecule has 34 heavy (non-hydrogen) atoms. The number of aryl methyl sites for hydroxylation is 2. The highest BCUT2D eigenvalue weighted by molar-refractivity contribution is 8.00. The molecule has 0 saturated carbocycles. The van der Waals surface area contributed by atoms with Crippen LogP contribution in [-0.4, -0.2) is 33.7 Å². The fourth-order valence-corrected chi connectivity index (χ4v) is 5.34. The zero-order chi connectivity index (χ0) is 24.2. The van der Waals surface area contributed by atoms with E-state index in [0.717, 1.165) is 26.4 Å². The van der Waals surface area contributed by atoms with Crippen molar-refractivity contribution in [1.29, 1.82) is 0 Å². The van der Waals surface area contributed by atoms with Crippen molar-refractivity contribution < 1.29 is 14.3 Å². The zero-order valence-electron chi connectivity index (χ0n) is 19.4. The Morgan fingerprint density at radius 3 is 2.56 bits per heavy atom. The summed E-state index contributed by atoms with van der Waals surface area (Å²) >= 11 is 2.98. The molecule has 8 heteroatoms. The van der Waals surface area contributed by atoms with E-state index >= 15 is 0 Å². The van der Waals surface area contributed by atoms with E-state index in [9.17, 15) is 9.59 Å². The lowest BCUT2D eigenvalue weighted by atomic mass is 10.0. The number of nitrogens with zero attached hydrogens (tertiary/aromatic N) is 2. The maximum absolute atomic E-state index is 12.9. The number of nitrogens with one attached hydrogen (secondary N) is 1. The van der Waals surface area contributed by atoms with E-state index in [1.54, 1.807) is 48.9 Å². The molecule has 0 fully saturated rings. The Balaban J connectivity index is 1.53. The van der Waals surface area contributed by atoms with Crippen LogP contribution in [0.3, 0.4) is 0 Å². The summed E-state index contributed by atoms with van der Waals surface area (Å²) in [6.07, 6.45) is 1.55. The molecule has 0 bridgehead atoms. The van der Waals surface area contributed by atoms with Crippen molar-refractivity contribution in [3.8, 4) is 11.1 Å². The maximum atomic E-state index is 12.9. The summed E-state index contributed by atoms with van der Waals surface area (Å²) < 4.78 is 5.00. The number of fused-ring (bicyclic) bond motifs is 1. The molecule has 0 radical (unpaired) electrons. The average Bonchev–Trinajstić information content (AvgIpc) is 3.26. The molecule has 4 rings (SSSR count). The Hall–Kier alpha value is -3.23. The number of amides is 1. The van der Waals surface area contributed by atoms with Gasteiger partial charge < -0.3 is 10.1 Å². The first-order valence-electron chi connectivity index (χ1n) is 10.9. The number of carbonyl (C=O) groups excluding carboxylic acids is 2. The predicted molar refractivity (Wildman–Crippen MR) is 139 cm³/mol. The number of ether oxygens (including phenoxy) is 1. The maximum Gasteiger partial charge on any atom is 0.338 e. The molecule has 1 unspecified atom stereocenters. The molecule has 0 spiro atoms. The van der Waals surface area contributed by atoms with Crippen LogP contribution in [0.4, 0.5) is 5.69 Å². The third kappa shape index (κ3) is 5.13. The number of thioether (sulfide) groups is 1. The van der Waals surface area contributed by atoms with Crippen molar-refractivity contribution in [2.45, 2.75) is 38.0 Å². The summed E-state index contributed by atoms with van der Waals surface area (Å²) in [5.74, 6) is -0.531. The number of esters is 1. The number of hydrogen-bond acceptors (Lipinski definition) is 7. The summed E-state index contributed by atoms with van der Waals surface area (Å²) in [6, 6.07) is 13.1. The lowest BCUT2D eigenvalue weighted by molar-refractivity contribution is -0.115. The van der Waals surface area contributed by atoms with Gasteiger partial charge in [-0.2, -0.15) is 0 Å². The van der Waals surface area contributed by atoms with Crippen molar-refractivity contribution in [2.24, 2.45) is 0 Å². The normalized spacial score (nSPS) is 11.9. The molecule has 0 aliphatic carbocycles. The van der Waals surface area contributed by atoms with E-state index in [-0.39, 0.29) is 11.9 Å². The minimum absolute atomic E-state index is 0.149. The highest BCUT2D eigenvalue weighted by Crippen LogP contribution is 2.39. The summed E-state index contributed by atoms with van der Waals surface area (Å²) in [7, 11) is 0. The Morgan fingerprint density at radius 2 is 1.85 bits per heavy atom. The topological polar surface area (TPSA) is 81.2 Å². The van der Waals surface area contributed by atoms with Crippen molar-refractivity contribution >= 4 is 50.9 Å². The summed E-state index contributed by atoms with van der Waals surface area (Å²) in [6.45, 7) is 8.13. The molecule has 0 aliphatic rings. The van der Waals surface area contributed by atoms with Crippen LogP contribution in [0.25, 0.3) is 21.3 Å². The van der Waals surface area contributed by atoms with E-state index in [1.165, 1.54) is 22.9 Å². The minimum Gasteiger partial charge on any atom is -0.462 e. The first-order valence-corrected chi connectivity index (χ1v) is 12.7. The molecule has 1 N–H and O–H groups in total. The quantitative estimate of drug-likeness (QED) is 0.186. The molecule has 1 atom stereocenters. The second-order valence-electron chi connectivity index (χ2n) is 7.85. The van der Waals surface area contributed by atoms with E-state index < -0.39 is 5.25 Å². The standard InChI is InChI=1S/C26H25N3O3S2/c1-5-32-26(31)18-8-10-20(11-9-18)29-23(30)17(4)34-25-22-21(13-33-24(22)27-14-28-25)19-7-6-15(2)16(3)12-19/h6-14,17H,5H2,1-4H3,(H,29,30). The Labute approximate surface area is 206 Å². The van der Waals surface area contributed by atoms with Crippen molar-refractivity contribution in [1.82, 2.24) is 9.97 Å². The van der Waals surface area contributed by atoms with Gasteiger partial charge in [-0.3, -0.25) is 4.79 Å². The summed E-state index contributed by atoms with van der Waals surface area (Å²) in [5, 5.41) is 6.37. The van der Waals surface area contributed by atoms with Gasteiger partial charge in [0, 0.05) is 16.6 Å². The molecule has 4 aromatic rings. The first-order chi connectivity index (χ1) is 16.4. The number of aromatic nitrogens is 2. The van der Waals surface area contributed by atoms with Crippen molar-refractivity contribution in [2.75, 3.05) is 11.9 Å². The molecule has 1 amide bonds. The van der Waals surface area contributed by atoms with Gasteiger partial charge in [0.15, 0.2) is 0 Å². The van der Waals surface area contributed by atoms with Crippen LogP contribution in [0, 0.1) is 13.8 Å². The lowest BCUT2D eigenvalue weighted by Gasteiger charge is -2.13. The number of rotatable bonds is 7. The van der Waals surface area contributed by atoms with Crippen LogP contribution in [0.1, 0.15) is 35.3 Å². The molecule has 174 valence electrons. The Bertz CT molecular complexity index is 1350. The second-order valence-corrected chi connectivity index (χ2v) is 10.0. The Kier molecular flexibility index (Phi) is 7.29. The van der Waals surface area contributed by atoms with Gasteiger partial charge in [-0.05, 0) is 68.7 Å². The van der Waals surface area contributed by atoms with Crippen LogP contribution in [-0.2, 0) is 9.53 Å². The highest BCUT2D eigenvalue weighted by Gasteiger charge is 2.20. The van der Waals surface area contributed by atoms with Crippen LogP contribution in [0.2, 0.25) is 0 Å². The largest absolute Gasteiger partial charge is 0.462 e. The average molecular weight is 492 g/mol. The smallest absolute Gasteiger partial charge is 0.338 e. The molecule has 6 nitrogen and oxygen atoms in total. The van der Waals surface area contributed by atoms with E-state index in [0.29, 0.717) is 17.9 Å². The van der Waals surface area contributed by atoms with Gasteiger partial charge in [-0.25, -0.2) is 14.8 Å². The number of benzene rings is 2. The van der Waals surface area contributed by atoms with Crippen LogP contribution >= 0.6 is 23.1 Å². The first kappa shape index (κ1) is 23.9. The Morgan fingerprint density at radius 1 is 1.09 bits per heavy atom. The molecule has 0 saturated heterocycles. The fraction of sp³-hybridized carbons (Fsp3) is 0.231. The molecule has 2 aromatic heterocycles. The van der Waals surface area contributed by atoms with Gasteiger partial charge in [0.1, 0.15) is 16.2 Å². The third-order valence-electron chi connectivity index (χ3n) is 5.47. The van der Waals surface area contributed by atoms with Crippen LogP contribution in [0.15, 0.2) is 59.2 Å². The van der Waals surface area contributed by atoms with Crippen molar-refractivity contribution in [3.05, 3.63) is 70.9 Å². The van der Waals surface area contributed by atoms with Gasteiger partial charge in [0.25, 0.3) is 0 Å². The molecular weight excluding hydrogens is 466 g/mol. The monoisotopic (exact) mass is 491 g/mol. The minimum atomic E-state index is -0.393. The van der Waals surface area contributed by atoms with E-state index in [4.69, 9.17) is 4.74 Å². The van der Waals surface area contributed by atoms with Gasteiger partial charge >= 0.3 is 5.97 Å². The van der Waals surface area contributed by atoms with E-state index in [2.05, 4.69) is 52.7 Å². The molecule has 0 aliphatic heterocycles. The van der Waals surface area contributed by atoms with Gasteiger partial charge in [-0.15, -0.1) is 11.3 Å². The molecular formula is C26H25N3O3S2. The second kappa shape index (κ2) is 10.4. The summed E-state index contributed by atoms with van der Waals surface area (Å²) in [5.41, 5.74) is 5.73. The fourth-order valence-electron chi connectivity index (χ4n) is 3.43. The number of anilines is 1. The van der Waals surface area contributed by atoms with Gasteiger partial charge in [0.05, 0.1) is 22.8 Å². The number of carbonyl (C=O) groups is 2. The van der Waals surface area contributed by atoms with Crippen LogP contribution in [0.5, 0.6) is 0 Å². The molecule has 2 aromatic carbocycles. The van der Waals surface area contributed by atoms with Crippen molar-refractivity contribution in [3.63, 3.8) is 0 Å². The molecule has 2 heterocycles. The highest BCUT2D eigenvalue weighted by atomic mass is 32.2. The SMILES string of the molecule is CCOC(=O)c1ccc(NC(=O)C(C)Sc2ncnc3scc(-c4ccc(C)c(C)c4)c23)cc1. The van der Waals surface area contributed by atoms with E-state index in [1.807, 2.05) is 6.92 Å². The van der Waals surface area contributed by atoms with Crippen LogP contribution < -0.4 is 5.32 Å². The zero-order valence-corrected chi connectivity index (χ0v) is 21.0. The number of hydrogen-bond donors (Lipinski definition) is 1. The lowest BCUT2D eigenvalue weighted by Crippen LogP contribution is -2.22.